The van der Waals surface area contributed by atoms with Crippen molar-refractivity contribution in [1.82, 2.24) is 9.97 Å². The number of nitrogens with zero attached hydrogens (tertiary/aromatic N) is 2. The van der Waals surface area contributed by atoms with Gasteiger partial charge in [-0.15, -0.1) is 0 Å². The smallest absolute Gasteiger partial charge is 0.229 e. The van der Waals surface area contributed by atoms with Gasteiger partial charge in [-0.1, -0.05) is 36.4 Å². The number of aryl methyl sites for hydroxylation is 2. The molecule has 26 heavy (non-hydrogen) atoms. The van der Waals surface area contributed by atoms with E-state index in [1.807, 2.05) is 54.6 Å². The molecule has 0 saturated heterocycles. The number of anilines is 4. The quantitative estimate of drug-likeness (QED) is 0.498. The van der Waals surface area contributed by atoms with E-state index in [1.165, 1.54) is 11.1 Å². The highest BCUT2D eigenvalue weighted by Crippen LogP contribution is 2.26. The monoisotopic (exact) mass is 340 g/mol. The van der Waals surface area contributed by atoms with Gasteiger partial charge in [-0.25, -0.2) is 4.98 Å². The van der Waals surface area contributed by atoms with Gasteiger partial charge in [-0.2, -0.15) is 4.98 Å². The van der Waals surface area contributed by atoms with Crippen LogP contribution in [0.1, 0.15) is 11.1 Å². The molecule has 0 saturated carbocycles. The summed E-state index contributed by atoms with van der Waals surface area (Å²) in [6.45, 7) is 4.17. The summed E-state index contributed by atoms with van der Waals surface area (Å²) >= 11 is 0. The molecule has 4 nitrogen and oxygen atoms in total. The molecule has 0 fully saturated rings. The molecule has 0 aliphatic rings. The van der Waals surface area contributed by atoms with Gasteiger partial charge in [0.15, 0.2) is 0 Å². The molecule has 0 unspecified atom stereocenters. The lowest BCUT2D eigenvalue weighted by Crippen LogP contribution is -2.02. The Morgan fingerprint density at radius 1 is 0.654 bits per heavy atom. The Balaban J connectivity index is 1.75. The van der Waals surface area contributed by atoms with Crippen molar-refractivity contribution in [1.29, 1.82) is 0 Å². The van der Waals surface area contributed by atoms with Crippen LogP contribution in [0.5, 0.6) is 0 Å². The zero-order valence-electron chi connectivity index (χ0n) is 14.8. The Bertz CT molecular complexity index is 1040. The molecule has 0 aliphatic carbocycles. The van der Waals surface area contributed by atoms with Crippen LogP contribution in [0.2, 0.25) is 0 Å². The Morgan fingerprint density at radius 3 is 2.12 bits per heavy atom. The average molecular weight is 340 g/mol. The Kier molecular flexibility index (Phi) is 4.23. The van der Waals surface area contributed by atoms with Crippen molar-refractivity contribution >= 4 is 34.0 Å². The highest BCUT2D eigenvalue weighted by Gasteiger charge is 2.08. The molecule has 0 spiro atoms. The normalized spacial score (nSPS) is 10.7. The summed E-state index contributed by atoms with van der Waals surface area (Å²) in [5.41, 5.74) is 5.29. The maximum Gasteiger partial charge on any atom is 0.229 e. The molecule has 2 N–H and O–H groups in total. The summed E-state index contributed by atoms with van der Waals surface area (Å²) in [5.74, 6) is 1.36. The molecule has 128 valence electrons. The summed E-state index contributed by atoms with van der Waals surface area (Å²) in [6.07, 6.45) is 0. The van der Waals surface area contributed by atoms with Gasteiger partial charge in [-0.3, -0.25) is 0 Å². The van der Waals surface area contributed by atoms with Gasteiger partial charge in [0.25, 0.3) is 0 Å². The van der Waals surface area contributed by atoms with Crippen molar-refractivity contribution in [3.63, 3.8) is 0 Å². The maximum absolute atomic E-state index is 4.72. The lowest BCUT2D eigenvalue weighted by atomic mass is 10.1. The van der Waals surface area contributed by atoms with Crippen LogP contribution >= 0.6 is 0 Å². The lowest BCUT2D eigenvalue weighted by molar-refractivity contribution is 1.21. The number of fused-ring (bicyclic) bond motifs is 1. The van der Waals surface area contributed by atoms with Crippen molar-refractivity contribution in [3.8, 4) is 0 Å². The number of aromatic nitrogens is 2. The van der Waals surface area contributed by atoms with Crippen molar-refractivity contribution in [3.05, 3.63) is 83.9 Å². The van der Waals surface area contributed by atoms with Gasteiger partial charge in [-0.05, 0) is 61.4 Å². The second-order valence-corrected chi connectivity index (χ2v) is 6.41. The first-order valence-corrected chi connectivity index (χ1v) is 8.61. The molecule has 0 amide bonds. The lowest BCUT2D eigenvalue weighted by Gasteiger charge is -2.12. The van der Waals surface area contributed by atoms with E-state index in [9.17, 15) is 0 Å². The summed E-state index contributed by atoms with van der Waals surface area (Å²) < 4.78 is 0. The van der Waals surface area contributed by atoms with E-state index in [-0.39, 0.29) is 0 Å². The van der Waals surface area contributed by atoms with Gasteiger partial charge < -0.3 is 10.6 Å². The van der Waals surface area contributed by atoms with Crippen LogP contribution in [0.15, 0.2) is 72.8 Å². The Hall–Kier alpha value is -3.40. The van der Waals surface area contributed by atoms with E-state index < -0.39 is 0 Å². The second kappa shape index (κ2) is 6.84. The van der Waals surface area contributed by atoms with Crippen LogP contribution < -0.4 is 10.6 Å². The molecule has 3 aromatic carbocycles. The van der Waals surface area contributed by atoms with Crippen molar-refractivity contribution in [2.24, 2.45) is 0 Å². The molecular formula is C22H20N4. The second-order valence-electron chi connectivity index (χ2n) is 6.41. The van der Waals surface area contributed by atoms with Gasteiger partial charge in [0.1, 0.15) is 5.82 Å². The molecular weight excluding hydrogens is 320 g/mol. The minimum absolute atomic E-state index is 0.576. The number of hydrogen-bond acceptors (Lipinski definition) is 4. The van der Waals surface area contributed by atoms with E-state index >= 15 is 0 Å². The average Bonchev–Trinajstić information content (AvgIpc) is 2.62. The topological polar surface area (TPSA) is 49.8 Å². The maximum atomic E-state index is 4.72. The third kappa shape index (κ3) is 3.49. The first kappa shape index (κ1) is 16.1. The van der Waals surface area contributed by atoms with E-state index in [0.717, 1.165) is 28.1 Å². The number of hydrogen-bond donors (Lipinski definition) is 2. The van der Waals surface area contributed by atoms with E-state index in [1.54, 1.807) is 0 Å². The Labute approximate surface area is 152 Å². The number of rotatable bonds is 4. The molecule has 4 aromatic rings. The molecule has 4 rings (SSSR count). The summed E-state index contributed by atoms with van der Waals surface area (Å²) in [5, 5.41) is 7.73. The van der Waals surface area contributed by atoms with Crippen LogP contribution in [-0.4, -0.2) is 9.97 Å². The molecule has 0 bridgehead atoms. The molecule has 0 aliphatic heterocycles. The molecule has 0 atom stereocenters. The molecule has 4 heteroatoms. The zero-order valence-corrected chi connectivity index (χ0v) is 14.8. The van der Waals surface area contributed by atoms with Crippen LogP contribution in [0.3, 0.4) is 0 Å². The molecule has 0 radical (unpaired) electrons. The third-order valence-electron chi connectivity index (χ3n) is 4.12. The predicted molar refractivity (Wildman–Crippen MR) is 108 cm³/mol. The fourth-order valence-corrected chi connectivity index (χ4v) is 3.06. The van der Waals surface area contributed by atoms with Crippen molar-refractivity contribution in [2.45, 2.75) is 13.8 Å². The summed E-state index contributed by atoms with van der Waals surface area (Å²) in [7, 11) is 0. The van der Waals surface area contributed by atoms with Gasteiger partial charge in [0.05, 0.1) is 5.52 Å². The summed E-state index contributed by atoms with van der Waals surface area (Å²) in [6, 6.07) is 24.4. The molecule has 1 heterocycles. The molecule has 1 aromatic heterocycles. The van der Waals surface area contributed by atoms with Crippen LogP contribution in [-0.2, 0) is 0 Å². The largest absolute Gasteiger partial charge is 0.340 e. The van der Waals surface area contributed by atoms with Gasteiger partial charge in [0, 0.05) is 16.8 Å². The fraction of sp³-hybridized carbons (Fsp3) is 0.0909. The van der Waals surface area contributed by atoms with E-state index in [2.05, 4.69) is 47.7 Å². The zero-order chi connectivity index (χ0) is 17.9. The SMILES string of the molecule is Cc1cc(C)cc(Nc2nc(Nc3ccccc3)c3ccccc3n2)c1. The standard InChI is InChI=1S/C22H20N4/c1-15-12-16(2)14-18(13-15)24-22-25-20-11-7-6-10-19(20)21(26-22)23-17-8-4-3-5-9-17/h3-14H,1-2H3,(H2,23,24,25,26). The highest BCUT2D eigenvalue weighted by molar-refractivity contribution is 5.92. The van der Waals surface area contributed by atoms with E-state index in [0.29, 0.717) is 5.95 Å². The minimum Gasteiger partial charge on any atom is -0.340 e. The van der Waals surface area contributed by atoms with Gasteiger partial charge >= 0.3 is 0 Å². The number of nitrogens with one attached hydrogen (secondary N) is 2. The van der Waals surface area contributed by atoms with Crippen molar-refractivity contribution in [2.75, 3.05) is 10.6 Å². The fourth-order valence-electron chi connectivity index (χ4n) is 3.06. The number of benzene rings is 3. The minimum atomic E-state index is 0.576. The predicted octanol–water partition coefficient (Wildman–Crippen LogP) is 5.73. The van der Waals surface area contributed by atoms with E-state index in [4.69, 9.17) is 4.98 Å². The van der Waals surface area contributed by atoms with Crippen LogP contribution in [0.4, 0.5) is 23.1 Å². The third-order valence-corrected chi connectivity index (χ3v) is 4.12. The van der Waals surface area contributed by atoms with Gasteiger partial charge in [0.2, 0.25) is 5.95 Å². The van der Waals surface area contributed by atoms with Crippen LogP contribution in [0, 0.1) is 13.8 Å². The van der Waals surface area contributed by atoms with Crippen LogP contribution in [0.25, 0.3) is 10.9 Å². The number of para-hydroxylation sites is 2. The first-order chi connectivity index (χ1) is 12.7. The first-order valence-electron chi connectivity index (χ1n) is 8.61. The summed E-state index contributed by atoms with van der Waals surface area (Å²) in [4.78, 5) is 9.39. The Morgan fingerprint density at radius 2 is 1.35 bits per heavy atom. The highest BCUT2D eigenvalue weighted by atomic mass is 15.1. The van der Waals surface area contributed by atoms with Crippen molar-refractivity contribution < 1.29 is 0 Å².